The third-order valence-electron chi connectivity index (χ3n) is 8.57. The zero-order chi connectivity index (χ0) is 26.8. The van der Waals surface area contributed by atoms with Crippen LogP contribution in [0.25, 0.3) is 22.0 Å². The standard InChI is InChI=1S/C30H29FN8S/c1-19(35-29-33-10-12-40-29)28(27-24-3-2-11-37(24)18-34-27)39-13-21-6-9-23(25(31)26(21)36-39)20-4-7-22(8-5-20)38-16-30(17-38)14-32-15-30/h4-10,12-13,18,28,32H,1-3,11,14-17H2,(H,33,35). The smallest absolute Gasteiger partial charge is 0.186 e. The predicted molar refractivity (Wildman–Crippen MR) is 156 cm³/mol. The van der Waals surface area contributed by atoms with Crippen LogP contribution in [-0.2, 0) is 13.0 Å². The van der Waals surface area contributed by atoms with Crippen molar-refractivity contribution in [3.05, 3.63) is 90.0 Å². The van der Waals surface area contributed by atoms with E-state index in [9.17, 15) is 0 Å². The van der Waals surface area contributed by atoms with E-state index in [1.807, 2.05) is 42.2 Å². The van der Waals surface area contributed by atoms with E-state index in [1.165, 1.54) is 22.7 Å². The van der Waals surface area contributed by atoms with Crippen molar-refractivity contribution in [1.82, 2.24) is 29.6 Å². The molecule has 0 amide bonds. The molecule has 0 aliphatic carbocycles. The molecule has 1 unspecified atom stereocenters. The number of aryl methyl sites for hydroxylation is 1. The SMILES string of the molecule is C=C(Nc1nccs1)C(c1ncn2c1CCC2)n1cc2ccc(-c3ccc(N4CC5(CNC5)C4)cc3)c(F)c2n1. The van der Waals surface area contributed by atoms with E-state index in [0.717, 1.165) is 67.3 Å². The van der Waals surface area contributed by atoms with Gasteiger partial charge in [-0.2, -0.15) is 5.10 Å². The summed E-state index contributed by atoms with van der Waals surface area (Å²) in [4.78, 5) is 11.5. The van der Waals surface area contributed by atoms with Crippen LogP contribution < -0.4 is 15.5 Å². The molecule has 0 radical (unpaired) electrons. The molecule has 3 aromatic heterocycles. The van der Waals surface area contributed by atoms with Crippen LogP contribution in [0.3, 0.4) is 0 Å². The number of thiazole rings is 1. The first-order valence-electron chi connectivity index (χ1n) is 13.7. The molecule has 8 rings (SSSR count). The third kappa shape index (κ3) is 3.77. The lowest BCUT2D eigenvalue weighted by atomic mass is 9.74. The Morgan fingerprint density at radius 3 is 2.73 bits per heavy atom. The minimum Gasteiger partial charge on any atom is -0.370 e. The second-order valence-electron chi connectivity index (χ2n) is 11.2. The Labute approximate surface area is 235 Å². The summed E-state index contributed by atoms with van der Waals surface area (Å²) < 4.78 is 20.0. The van der Waals surface area contributed by atoms with Gasteiger partial charge in [-0.15, -0.1) is 11.3 Å². The molecule has 2 saturated heterocycles. The molecule has 3 aliphatic rings. The summed E-state index contributed by atoms with van der Waals surface area (Å²) in [7, 11) is 0. The van der Waals surface area contributed by atoms with Crippen LogP contribution in [0.4, 0.5) is 15.2 Å². The maximum atomic E-state index is 16.0. The zero-order valence-electron chi connectivity index (χ0n) is 22.0. The Kier molecular flexibility index (Phi) is 5.36. The van der Waals surface area contributed by atoms with Crippen molar-refractivity contribution in [2.24, 2.45) is 5.41 Å². The van der Waals surface area contributed by atoms with E-state index in [4.69, 9.17) is 10.1 Å². The molecule has 40 heavy (non-hydrogen) atoms. The lowest BCUT2D eigenvalue weighted by molar-refractivity contribution is 0.121. The van der Waals surface area contributed by atoms with Gasteiger partial charge in [0, 0.05) is 83.9 Å². The largest absolute Gasteiger partial charge is 0.370 e. The number of anilines is 2. The summed E-state index contributed by atoms with van der Waals surface area (Å²) in [6.07, 6.45) is 7.55. The highest BCUT2D eigenvalue weighted by Gasteiger charge is 2.47. The van der Waals surface area contributed by atoms with Crippen LogP contribution in [0, 0.1) is 11.2 Å². The first-order chi connectivity index (χ1) is 19.6. The van der Waals surface area contributed by atoms with Gasteiger partial charge in [-0.1, -0.05) is 30.8 Å². The highest BCUT2D eigenvalue weighted by Crippen LogP contribution is 2.39. The molecule has 1 spiro atoms. The topological polar surface area (TPSA) is 75.8 Å². The minimum atomic E-state index is -0.404. The fourth-order valence-electron chi connectivity index (χ4n) is 6.40. The monoisotopic (exact) mass is 552 g/mol. The minimum absolute atomic E-state index is 0.320. The van der Waals surface area contributed by atoms with Crippen molar-refractivity contribution in [1.29, 1.82) is 0 Å². The van der Waals surface area contributed by atoms with Gasteiger partial charge in [0.1, 0.15) is 11.6 Å². The molecule has 2 fully saturated rings. The van der Waals surface area contributed by atoms with Gasteiger partial charge in [0.2, 0.25) is 0 Å². The molecular formula is C30H29FN8S. The molecule has 10 heteroatoms. The summed E-state index contributed by atoms with van der Waals surface area (Å²) in [5.74, 6) is -0.320. The van der Waals surface area contributed by atoms with Crippen LogP contribution >= 0.6 is 11.3 Å². The number of hydrogen-bond acceptors (Lipinski definition) is 7. The number of hydrogen-bond donors (Lipinski definition) is 2. The number of halogens is 1. The molecule has 202 valence electrons. The molecule has 0 bridgehead atoms. The van der Waals surface area contributed by atoms with Crippen LogP contribution in [0.1, 0.15) is 23.9 Å². The lowest BCUT2D eigenvalue weighted by Crippen LogP contribution is -2.71. The van der Waals surface area contributed by atoms with Gasteiger partial charge in [0.25, 0.3) is 0 Å². The summed E-state index contributed by atoms with van der Waals surface area (Å²) in [5.41, 5.74) is 6.14. The molecular weight excluding hydrogens is 523 g/mol. The molecule has 2 aromatic carbocycles. The van der Waals surface area contributed by atoms with Crippen LogP contribution in [0.15, 0.2) is 72.8 Å². The fraction of sp³-hybridized carbons (Fsp3) is 0.300. The number of rotatable bonds is 7. The van der Waals surface area contributed by atoms with Crippen molar-refractivity contribution in [2.45, 2.75) is 25.4 Å². The van der Waals surface area contributed by atoms with Gasteiger partial charge in [-0.25, -0.2) is 14.4 Å². The summed E-state index contributed by atoms with van der Waals surface area (Å²) in [6, 6.07) is 11.6. The maximum Gasteiger partial charge on any atom is 0.186 e. The van der Waals surface area contributed by atoms with Gasteiger partial charge < -0.3 is 20.1 Å². The summed E-state index contributed by atoms with van der Waals surface area (Å²) in [5, 5.41) is 14.9. The van der Waals surface area contributed by atoms with Gasteiger partial charge in [-0.05, 0) is 30.5 Å². The van der Waals surface area contributed by atoms with E-state index in [1.54, 1.807) is 10.9 Å². The van der Waals surface area contributed by atoms with Crippen LogP contribution in [0.2, 0.25) is 0 Å². The van der Waals surface area contributed by atoms with Crippen LogP contribution in [-0.4, -0.2) is 50.5 Å². The maximum absolute atomic E-state index is 16.0. The molecule has 3 aliphatic heterocycles. The van der Waals surface area contributed by atoms with E-state index in [2.05, 4.69) is 43.8 Å². The van der Waals surface area contributed by atoms with E-state index >= 15 is 4.39 Å². The molecule has 1 atom stereocenters. The molecule has 6 heterocycles. The highest BCUT2D eigenvalue weighted by molar-refractivity contribution is 7.13. The average molecular weight is 553 g/mol. The van der Waals surface area contributed by atoms with Gasteiger partial charge in [0.05, 0.1) is 12.0 Å². The number of fused-ring (bicyclic) bond motifs is 2. The van der Waals surface area contributed by atoms with Gasteiger partial charge >= 0.3 is 0 Å². The van der Waals surface area contributed by atoms with Crippen molar-refractivity contribution >= 4 is 33.1 Å². The molecule has 2 N–H and O–H groups in total. The van der Waals surface area contributed by atoms with E-state index in [0.29, 0.717) is 22.2 Å². The van der Waals surface area contributed by atoms with Gasteiger partial charge in [0.15, 0.2) is 10.9 Å². The van der Waals surface area contributed by atoms with E-state index in [-0.39, 0.29) is 5.82 Å². The fourth-order valence-corrected chi connectivity index (χ4v) is 6.96. The Bertz CT molecular complexity index is 1720. The second kappa shape index (κ2) is 9.00. The Morgan fingerprint density at radius 2 is 1.98 bits per heavy atom. The Balaban J connectivity index is 1.13. The predicted octanol–water partition coefficient (Wildman–Crippen LogP) is 5.07. The number of allylic oxidation sites excluding steroid dienone is 1. The van der Waals surface area contributed by atoms with Crippen molar-refractivity contribution in [3.8, 4) is 11.1 Å². The van der Waals surface area contributed by atoms with Crippen molar-refractivity contribution in [3.63, 3.8) is 0 Å². The normalized spacial score (nSPS) is 18.0. The first-order valence-corrected chi connectivity index (χ1v) is 14.6. The molecule has 5 aromatic rings. The van der Waals surface area contributed by atoms with Crippen molar-refractivity contribution in [2.75, 3.05) is 36.4 Å². The summed E-state index contributed by atoms with van der Waals surface area (Å²) >= 11 is 1.50. The quantitative estimate of drug-likeness (QED) is 0.294. The number of nitrogens with one attached hydrogen (secondary N) is 2. The Morgan fingerprint density at radius 1 is 1.12 bits per heavy atom. The van der Waals surface area contributed by atoms with E-state index < -0.39 is 6.04 Å². The lowest BCUT2D eigenvalue weighted by Gasteiger charge is -2.57. The molecule has 8 nitrogen and oxygen atoms in total. The third-order valence-corrected chi connectivity index (χ3v) is 9.26. The van der Waals surface area contributed by atoms with Crippen molar-refractivity contribution < 1.29 is 4.39 Å². The Hall–Kier alpha value is -4.02. The molecule has 0 saturated carbocycles. The number of aromatic nitrogens is 5. The van der Waals surface area contributed by atoms with Crippen LogP contribution in [0.5, 0.6) is 0 Å². The first kappa shape index (κ1) is 23.8. The zero-order valence-corrected chi connectivity index (χ0v) is 22.8. The summed E-state index contributed by atoms with van der Waals surface area (Å²) in [6.45, 7) is 9.68. The number of imidazole rings is 1. The van der Waals surface area contributed by atoms with Gasteiger partial charge in [-0.3, -0.25) is 4.68 Å². The second-order valence-corrected chi connectivity index (χ2v) is 12.1. The highest BCUT2D eigenvalue weighted by atomic mass is 32.1. The number of benzene rings is 2. The average Bonchev–Trinajstić information content (AvgIpc) is 3.70. The number of nitrogens with zero attached hydrogens (tertiary/aromatic N) is 6.